The van der Waals surface area contributed by atoms with Crippen LogP contribution in [0.1, 0.15) is 25.6 Å². The van der Waals surface area contributed by atoms with Gasteiger partial charge in [0.05, 0.1) is 12.0 Å². The number of anilines is 1. The second-order valence-corrected chi connectivity index (χ2v) is 4.14. The number of nitrogens with one attached hydrogen (secondary N) is 1. The number of rotatable bonds is 1. The van der Waals surface area contributed by atoms with Gasteiger partial charge in [0, 0.05) is 18.4 Å². The maximum absolute atomic E-state index is 4.39. The molecule has 0 radical (unpaired) electrons. The Balaban J connectivity index is 2.31. The number of aromatic nitrogens is 4. The Kier molecular flexibility index (Phi) is 1.71. The summed E-state index contributed by atoms with van der Waals surface area (Å²) in [6.45, 7) is 8.22. The van der Waals surface area contributed by atoms with E-state index >= 15 is 0 Å². The third kappa shape index (κ3) is 1.05. The van der Waals surface area contributed by atoms with Gasteiger partial charge in [0.25, 0.3) is 0 Å². The van der Waals surface area contributed by atoms with Crippen LogP contribution in [0.4, 0.5) is 5.95 Å². The van der Waals surface area contributed by atoms with Crippen molar-refractivity contribution in [2.24, 2.45) is 0 Å². The largest absolute Gasteiger partial charge is 0.324 e. The molecule has 2 aromatic rings. The van der Waals surface area contributed by atoms with Crippen LogP contribution in [0.15, 0.2) is 25.3 Å². The predicted octanol–water partition coefficient (Wildman–Crippen LogP) is 2.05. The van der Waals surface area contributed by atoms with Gasteiger partial charge >= 0.3 is 0 Å². The summed E-state index contributed by atoms with van der Waals surface area (Å²) >= 11 is 0. The van der Waals surface area contributed by atoms with Crippen LogP contribution < -0.4 is 5.32 Å². The number of hydrogen-bond donors (Lipinski definition) is 1. The maximum Gasteiger partial charge on any atom is 0.213 e. The zero-order valence-corrected chi connectivity index (χ0v) is 9.31. The second-order valence-electron chi connectivity index (χ2n) is 4.14. The molecule has 0 saturated carbocycles. The molecule has 5 heteroatoms. The zero-order chi connectivity index (χ0) is 11.3. The Morgan fingerprint density at radius 2 is 2.19 bits per heavy atom. The highest BCUT2D eigenvalue weighted by atomic mass is 15.3. The van der Waals surface area contributed by atoms with E-state index in [1.807, 2.05) is 17.1 Å². The molecule has 2 aromatic heterocycles. The van der Waals surface area contributed by atoms with Gasteiger partial charge in [0.1, 0.15) is 11.5 Å². The molecule has 3 heterocycles. The van der Waals surface area contributed by atoms with Gasteiger partial charge in [0.15, 0.2) is 0 Å². The van der Waals surface area contributed by atoms with Crippen molar-refractivity contribution in [1.29, 1.82) is 0 Å². The Morgan fingerprint density at radius 1 is 1.38 bits per heavy atom. The lowest BCUT2D eigenvalue weighted by Crippen LogP contribution is -2.16. The number of fused-ring (bicyclic) bond motifs is 3. The third-order valence-corrected chi connectivity index (χ3v) is 2.74. The van der Waals surface area contributed by atoms with Crippen molar-refractivity contribution >= 4 is 11.6 Å². The lowest BCUT2D eigenvalue weighted by Gasteiger charge is -2.21. The van der Waals surface area contributed by atoms with E-state index in [-0.39, 0.29) is 0 Å². The minimum absolute atomic E-state index is 0.359. The Morgan fingerprint density at radius 3 is 2.94 bits per heavy atom. The highest BCUT2D eigenvalue weighted by Gasteiger charge is 2.24. The van der Waals surface area contributed by atoms with Crippen LogP contribution in [0.25, 0.3) is 11.5 Å². The fourth-order valence-corrected chi connectivity index (χ4v) is 1.94. The van der Waals surface area contributed by atoms with E-state index < -0.39 is 0 Å². The number of nitrogens with zero attached hydrogens (tertiary/aromatic N) is 4. The summed E-state index contributed by atoms with van der Waals surface area (Å²) < 4.78 is 4.11. The standard InChI is InChI=1S/C11H13N5/c1-7(2)16-6-13-9-8(3)14-11-12-4-5-15(11)10(9)16/h4-7H,3H2,1-2H3,(H,12,14). The molecule has 82 valence electrons. The smallest absolute Gasteiger partial charge is 0.213 e. The van der Waals surface area contributed by atoms with Gasteiger partial charge in [-0.05, 0) is 13.8 Å². The van der Waals surface area contributed by atoms with E-state index in [9.17, 15) is 0 Å². The monoisotopic (exact) mass is 215 g/mol. The molecule has 5 nitrogen and oxygen atoms in total. The summed E-state index contributed by atoms with van der Waals surface area (Å²) in [4.78, 5) is 8.63. The molecular formula is C11H13N5. The molecule has 1 aliphatic rings. The summed E-state index contributed by atoms with van der Waals surface area (Å²) in [7, 11) is 0. The first-order valence-corrected chi connectivity index (χ1v) is 5.25. The van der Waals surface area contributed by atoms with E-state index in [0.29, 0.717) is 6.04 Å². The molecule has 1 aliphatic heterocycles. The maximum atomic E-state index is 4.39. The minimum Gasteiger partial charge on any atom is -0.324 e. The van der Waals surface area contributed by atoms with Crippen LogP contribution in [-0.4, -0.2) is 19.1 Å². The van der Waals surface area contributed by atoms with Crippen LogP contribution in [0.5, 0.6) is 0 Å². The van der Waals surface area contributed by atoms with Gasteiger partial charge < -0.3 is 9.88 Å². The summed E-state index contributed by atoms with van der Waals surface area (Å²) in [5, 5.41) is 3.13. The summed E-state index contributed by atoms with van der Waals surface area (Å²) in [6.07, 6.45) is 5.54. The van der Waals surface area contributed by atoms with Crippen molar-refractivity contribution in [2.45, 2.75) is 19.9 Å². The Labute approximate surface area is 93.4 Å². The van der Waals surface area contributed by atoms with Crippen LogP contribution >= 0.6 is 0 Å². The molecule has 0 saturated heterocycles. The van der Waals surface area contributed by atoms with Gasteiger partial charge in [-0.25, -0.2) is 9.97 Å². The van der Waals surface area contributed by atoms with Gasteiger partial charge in [-0.15, -0.1) is 0 Å². The fourth-order valence-electron chi connectivity index (χ4n) is 1.94. The molecule has 0 spiro atoms. The van der Waals surface area contributed by atoms with Gasteiger partial charge in [-0.2, -0.15) is 0 Å². The molecule has 3 rings (SSSR count). The molecule has 16 heavy (non-hydrogen) atoms. The van der Waals surface area contributed by atoms with E-state index in [1.165, 1.54) is 0 Å². The van der Waals surface area contributed by atoms with Crippen molar-refractivity contribution in [3.8, 4) is 5.82 Å². The molecule has 0 aromatic carbocycles. The predicted molar refractivity (Wildman–Crippen MR) is 62.4 cm³/mol. The molecule has 0 aliphatic carbocycles. The van der Waals surface area contributed by atoms with E-state index in [2.05, 4.69) is 40.3 Å². The van der Waals surface area contributed by atoms with Crippen molar-refractivity contribution in [3.05, 3.63) is 31.0 Å². The van der Waals surface area contributed by atoms with E-state index in [1.54, 1.807) is 6.20 Å². The molecule has 0 fully saturated rings. The van der Waals surface area contributed by atoms with Crippen molar-refractivity contribution < 1.29 is 0 Å². The van der Waals surface area contributed by atoms with Crippen molar-refractivity contribution in [1.82, 2.24) is 19.1 Å². The quantitative estimate of drug-likeness (QED) is 0.792. The Bertz CT molecular complexity index is 561. The molecule has 0 unspecified atom stereocenters. The normalized spacial score (nSPS) is 13.6. The molecular weight excluding hydrogens is 202 g/mol. The van der Waals surface area contributed by atoms with Crippen LogP contribution in [-0.2, 0) is 0 Å². The van der Waals surface area contributed by atoms with Crippen LogP contribution in [0.2, 0.25) is 0 Å². The first-order chi connectivity index (χ1) is 7.68. The minimum atomic E-state index is 0.359. The molecule has 0 atom stereocenters. The fraction of sp³-hybridized carbons (Fsp3) is 0.273. The van der Waals surface area contributed by atoms with Crippen LogP contribution in [0, 0.1) is 0 Å². The zero-order valence-electron chi connectivity index (χ0n) is 9.31. The lowest BCUT2D eigenvalue weighted by atomic mass is 10.3. The highest BCUT2D eigenvalue weighted by Crippen LogP contribution is 2.30. The molecule has 0 amide bonds. The summed E-state index contributed by atoms with van der Waals surface area (Å²) in [5.74, 6) is 1.83. The lowest BCUT2D eigenvalue weighted by molar-refractivity contribution is 0.586. The summed E-state index contributed by atoms with van der Waals surface area (Å²) in [5.41, 5.74) is 1.69. The second kappa shape index (κ2) is 2.98. The Hall–Kier alpha value is -2.04. The van der Waals surface area contributed by atoms with Crippen LogP contribution in [0.3, 0.4) is 0 Å². The highest BCUT2D eigenvalue weighted by molar-refractivity contribution is 5.79. The SMILES string of the molecule is C=C1Nc2nccn2-c2c1ncn2C(C)C. The van der Waals surface area contributed by atoms with Gasteiger partial charge in [-0.3, -0.25) is 4.57 Å². The van der Waals surface area contributed by atoms with Crippen molar-refractivity contribution in [2.75, 3.05) is 5.32 Å². The first-order valence-electron chi connectivity index (χ1n) is 5.25. The average molecular weight is 215 g/mol. The van der Waals surface area contributed by atoms with Gasteiger partial charge in [0.2, 0.25) is 5.95 Å². The van der Waals surface area contributed by atoms with Gasteiger partial charge in [-0.1, -0.05) is 6.58 Å². The van der Waals surface area contributed by atoms with E-state index in [0.717, 1.165) is 23.2 Å². The third-order valence-electron chi connectivity index (χ3n) is 2.74. The van der Waals surface area contributed by atoms with E-state index in [4.69, 9.17) is 0 Å². The van der Waals surface area contributed by atoms with Crippen molar-refractivity contribution in [3.63, 3.8) is 0 Å². The molecule has 1 N–H and O–H groups in total. The first kappa shape index (κ1) is 9.21. The average Bonchev–Trinajstić information content (AvgIpc) is 2.80. The topological polar surface area (TPSA) is 47.7 Å². The molecule has 0 bridgehead atoms. The number of hydrogen-bond acceptors (Lipinski definition) is 3. The number of imidazole rings is 2. The summed E-state index contributed by atoms with van der Waals surface area (Å²) in [6, 6.07) is 0.359.